The van der Waals surface area contributed by atoms with Crippen molar-refractivity contribution in [3.8, 4) is 5.75 Å². The first kappa shape index (κ1) is 14.2. The predicted octanol–water partition coefficient (Wildman–Crippen LogP) is 6.49. The Hall–Kier alpha value is -1.72. The van der Waals surface area contributed by atoms with Crippen molar-refractivity contribution in [3.63, 3.8) is 0 Å². The Kier molecular flexibility index (Phi) is 4.03. The van der Waals surface area contributed by atoms with Gasteiger partial charge in [-0.3, -0.25) is 0 Å². The molecule has 104 valence electrons. The molecule has 0 amide bonds. The largest absolute Gasteiger partial charge is 0.506 e. The fourth-order valence-electron chi connectivity index (χ4n) is 2.02. The van der Waals surface area contributed by atoms with Gasteiger partial charge in [0.05, 0.1) is 0 Å². The van der Waals surface area contributed by atoms with E-state index in [9.17, 15) is 5.11 Å². The second kappa shape index (κ2) is 5.95. The number of fused-ring (bicyclic) bond motifs is 1. The summed E-state index contributed by atoms with van der Waals surface area (Å²) in [5, 5.41) is 20.4. The SMILES string of the molecule is Oc1ccc2ccccc2c1N=Nc1cc(Br)ccc1Br. The lowest BCUT2D eigenvalue weighted by atomic mass is 10.1. The fraction of sp³-hybridized carbons (Fsp3) is 0. The summed E-state index contributed by atoms with van der Waals surface area (Å²) in [5.74, 6) is 0.114. The number of phenols is 1. The third-order valence-electron chi connectivity index (χ3n) is 3.05. The van der Waals surface area contributed by atoms with Crippen LogP contribution in [0.15, 0.2) is 73.8 Å². The van der Waals surface area contributed by atoms with Gasteiger partial charge in [-0.05, 0) is 45.6 Å². The van der Waals surface area contributed by atoms with E-state index in [4.69, 9.17) is 0 Å². The molecule has 0 spiro atoms. The Morgan fingerprint density at radius 3 is 2.52 bits per heavy atom. The van der Waals surface area contributed by atoms with Crippen LogP contribution < -0.4 is 0 Å². The third kappa shape index (κ3) is 2.99. The van der Waals surface area contributed by atoms with Crippen molar-refractivity contribution in [2.75, 3.05) is 0 Å². The average molecular weight is 406 g/mol. The van der Waals surface area contributed by atoms with Gasteiger partial charge in [0.1, 0.15) is 17.1 Å². The maximum absolute atomic E-state index is 10.0. The number of phenolic OH excluding ortho intramolecular Hbond substituents is 1. The lowest BCUT2D eigenvalue weighted by Crippen LogP contribution is -1.75. The minimum Gasteiger partial charge on any atom is -0.506 e. The van der Waals surface area contributed by atoms with E-state index in [2.05, 4.69) is 42.1 Å². The zero-order valence-corrected chi connectivity index (χ0v) is 14.0. The van der Waals surface area contributed by atoms with E-state index < -0.39 is 0 Å². The zero-order chi connectivity index (χ0) is 14.8. The molecule has 0 fully saturated rings. The molecule has 0 saturated heterocycles. The number of aromatic hydroxyl groups is 1. The third-order valence-corrected chi connectivity index (χ3v) is 4.21. The summed E-state index contributed by atoms with van der Waals surface area (Å²) < 4.78 is 1.76. The summed E-state index contributed by atoms with van der Waals surface area (Å²) in [6.45, 7) is 0. The Balaban J connectivity index is 2.11. The minimum absolute atomic E-state index is 0.114. The van der Waals surface area contributed by atoms with Gasteiger partial charge >= 0.3 is 0 Å². The van der Waals surface area contributed by atoms with E-state index in [1.54, 1.807) is 6.07 Å². The molecule has 3 rings (SSSR count). The maximum Gasteiger partial charge on any atom is 0.143 e. The van der Waals surface area contributed by atoms with Gasteiger partial charge in [0, 0.05) is 14.3 Å². The molecular formula is C16H10Br2N2O. The average Bonchev–Trinajstić information content (AvgIpc) is 2.49. The van der Waals surface area contributed by atoms with E-state index in [0.29, 0.717) is 11.4 Å². The summed E-state index contributed by atoms with van der Waals surface area (Å²) in [7, 11) is 0. The molecule has 1 N–H and O–H groups in total. The van der Waals surface area contributed by atoms with Crippen LogP contribution in [0.4, 0.5) is 11.4 Å². The molecule has 0 aliphatic rings. The Morgan fingerprint density at radius 1 is 0.857 bits per heavy atom. The predicted molar refractivity (Wildman–Crippen MR) is 91.6 cm³/mol. The van der Waals surface area contributed by atoms with E-state index >= 15 is 0 Å². The molecule has 5 heteroatoms. The van der Waals surface area contributed by atoms with E-state index in [0.717, 1.165) is 19.7 Å². The highest BCUT2D eigenvalue weighted by Crippen LogP contribution is 2.37. The Labute approximate surface area is 138 Å². The molecule has 0 radical (unpaired) electrons. The van der Waals surface area contributed by atoms with Gasteiger partial charge in [-0.25, -0.2) is 0 Å². The first-order chi connectivity index (χ1) is 10.1. The van der Waals surface area contributed by atoms with Crippen molar-refractivity contribution >= 4 is 54.0 Å². The van der Waals surface area contributed by atoms with Gasteiger partial charge in [-0.1, -0.05) is 46.3 Å². The first-order valence-electron chi connectivity index (χ1n) is 6.22. The number of halogens is 2. The number of benzene rings is 3. The maximum atomic E-state index is 10.0. The normalized spacial score (nSPS) is 11.3. The van der Waals surface area contributed by atoms with Gasteiger partial charge in [0.25, 0.3) is 0 Å². The van der Waals surface area contributed by atoms with Crippen LogP contribution in [0, 0.1) is 0 Å². The topological polar surface area (TPSA) is 45.0 Å². The van der Waals surface area contributed by atoms with Crippen LogP contribution in [0.25, 0.3) is 10.8 Å². The van der Waals surface area contributed by atoms with Gasteiger partial charge in [0.15, 0.2) is 0 Å². The molecule has 0 aliphatic heterocycles. The molecule has 0 atom stereocenters. The number of hydrogen-bond acceptors (Lipinski definition) is 3. The molecule has 0 bridgehead atoms. The van der Waals surface area contributed by atoms with Crippen molar-refractivity contribution in [2.45, 2.75) is 0 Å². The highest BCUT2D eigenvalue weighted by Gasteiger charge is 2.06. The van der Waals surface area contributed by atoms with Gasteiger partial charge in [-0.15, -0.1) is 10.2 Å². The fourth-order valence-corrected chi connectivity index (χ4v) is 2.69. The smallest absolute Gasteiger partial charge is 0.143 e. The summed E-state index contributed by atoms with van der Waals surface area (Å²) in [5.41, 5.74) is 1.16. The zero-order valence-electron chi connectivity index (χ0n) is 10.8. The molecule has 0 aliphatic carbocycles. The van der Waals surface area contributed by atoms with Gasteiger partial charge < -0.3 is 5.11 Å². The van der Waals surface area contributed by atoms with Crippen LogP contribution in [-0.2, 0) is 0 Å². The second-order valence-electron chi connectivity index (χ2n) is 4.45. The summed E-state index contributed by atoms with van der Waals surface area (Å²) in [4.78, 5) is 0. The van der Waals surface area contributed by atoms with Crippen LogP contribution >= 0.6 is 31.9 Å². The van der Waals surface area contributed by atoms with Crippen molar-refractivity contribution < 1.29 is 5.11 Å². The lowest BCUT2D eigenvalue weighted by molar-refractivity contribution is 0.477. The highest BCUT2D eigenvalue weighted by atomic mass is 79.9. The van der Waals surface area contributed by atoms with Crippen molar-refractivity contribution in [3.05, 3.63) is 63.5 Å². The Bertz CT molecular complexity index is 847. The number of nitrogens with zero attached hydrogens (tertiary/aromatic N) is 2. The van der Waals surface area contributed by atoms with E-state index in [1.165, 1.54) is 0 Å². The van der Waals surface area contributed by atoms with Crippen LogP contribution in [0.2, 0.25) is 0 Å². The van der Waals surface area contributed by atoms with Crippen LogP contribution in [0.3, 0.4) is 0 Å². The number of hydrogen-bond donors (Lipinski definition) is 1. The van der Waals surface area contributed by atoms with E-state index in [1.807, 2.05) is 48.5 Å². The van der Waals surface area contributed by atoms with Crippen molar-refractivity contribution in [1.29, 1.82) is 0 Å². The molecular weight excluding hydrogens is 396 g/mol. The van der Waals surface area contributed by atoms with Crippen LogP contribution in [0.1, 0.15) is 0 Å². The molecule has 3 aromatic rings. The Morgan fingerprint density at radius 2 is 1.67 bits per heavy atom. The molecule has 3 nitrogen and oxygen atoms in total. The molecule has 3 aromatic carbocycles. The monoisotopic (exact) mass is 404 g/mol. The molecule has 0 unspecified atom stereocenters. The van der Waals surface area contributed by atoms with Crippen LogP contribution in [0.5, 0.6) is 5.75 Å². The number of azo groups is 1. The van der Waals surface area contributed by atoms with Crippen molar-refractivity contribution in [2.24, 2.45) is 10.2 Å². The molecule has 0 saturated carbocycles. The first-order valence-corrected chi connectivity index (χ1v) is 7.81. The van der Waals surface area contributed by atoms with Gasteiger partial charge in [-0.2, -0.15) is 0 Å². The summed E-state index contributed by atoms with van der Waals surface area (Å²) in [6.07, 6.45) is 0. The van der Waals surface area contributed by atoms with Crippen molar-refractivity contribution in [1.82, 2.24) is 0 Å². The van der Waals surface area contributed by atoms with E-state index in [-0.39, 0.29) is 5.75 Å². The summed E-state index contributed by atoms with van der Waals surface area (Å²) in [6, 6.07) is 16.9. The van der Waals surface area contributed by atoms with Crippen LogP contribution in [-0.4, -0.2) is 5.11 Å². The second-order valence-corrected chi connectivity index (χ2v) is 6.22. The van der Waals surface area contributed by atoms with Gasteiger partial charge in [0.2, 0.25) is 0 Å². The highest BCUT2D eigenvalue weighted by molar-refractivity contribution is 9.11. The summed E-state index contributed by atoms with van der Waals surface area (Å²) >= 11 is 6.84. The number of rotatable bonds is 2. The molecule has 0 heterocycles. The molecule has 21 heavy (non-hydrogen) atoms. The quantitative estimate of drug-likeness (QED) is 0.486. The standard InChI is InChI=1S/C16H10Br2N2O/c17-11-6-7-13(18)14(9-11)19-20-16-12-4-2-1-3-10(12)5-8-15(16)21/h1-9,21H. The molecule has 0 aromatic heterocycles. The lowest BCUT2D eigenvalue weighted by Gasteiger charge is -2.04. The minimum atomic E-state index is 0.114.